The Morgan fingerprint density at radius 2 is 2.05 bits per heavy atom. The molecule has 0 atom stereocenters. The van der Waals surface area contributed by atoms with Gasteiger partial charge in [0.1, 0.15) is 11.5 Å². The quantitative estimate of drug-likeness (QED) is 0.886. The number of hydrogen-bond acceptors (Lipinski definition) is 4. The molecule has 0 aliphatic heterocycles. The Bertz CT molecular complexity index is 631. The van der Waals surface area contributed by atoms with Crippen molar-refractivity contribution < 1.29 is 9.18 Å². The Morgan fingerprint density at radius 1 is 1.29 bits per heavy atom. The molecule has 110 valence electrons. The van der Waals surface area contributed by atoms with Gasteiger partial charge in [-0.15, -0.1) is 0 Å². The van der Waals surface area contributed by atoms with Crippen molar-refractivity contribution in [1.82, 2.24) is 15.3 Å². The van der Waals surface area contributed by atoms with Gasteiger partial charge in [-0.3, -0.25) is 4.79 Å². The number of nitrogens with zero attached hydrogens (tertiary/aromatic N) is 2. The van der Waals surface area contributed by atoms with Gasteiger partial charge in [-0.2, -0.15) is 0 Å². The van der Waals surface area contributed by atoms with Crippen molar-refractivity contribution in [3.05, 3.63) is 53.6 Å². The van der Waals surface area contributed by atoms with Gasteiger partial charge < -0.3 is 10.6 Å². The first-order valence-corrected chi connectivity index (χ1v) is 6.67. The highest BCUT2D eigenvalue weighted by Gasteiger charge is 2.10. The molecule has 1 aromatic carbocycles. The Kier molecular flexibility index (Phi) is 4.81. The predicted molar refractivity (Wildman–Crippen MR) is 78.4 cm³/mol. The Morgan fingerprint density at radius 3 is 2.76 bits per heavy atom. The number of aromatic nitrogens is 2. The topological polar surface area (TPSA) is 66.9 Å². The molecule has 0 bridgehead atoms. The number of carbonyl (C=O) groups excluding carboxylic acids is 1. The summed E-state index contributed by atoms with van der Waals surface area (Å²) in [5.74, 6) is -0.269. The molecule has 0 aliphatic carbocycles. The summed E-state index contributed by atoms with van der Waals surface area (Å²) >= 11 is 0. The van der Waals surface area contributed by atoms with Crippen molar-refractivity contribution in [1.29, 1.82) is 0 Å². The average molecular weight is 288 g/mol. The zero-order valence-electron chi connectivity index (χ0n) is 11.9. The maximum absolute atomic E-state index is 13.5. The SMILES string of the molecule is CC(C)NC(=O)c1ccnc(NCc2ccccc2F)n1. The van der Waals surface area contributed by atoms with E-state index in [0.29, 0.717) is 5.56 Å². The number of carbonyl (C=O) groups is 1. The van der Waals surface area contributed by atoms with Gasteiger partial charge in [-0.1, -0.05) is 18.2 Å². The largest absolute Gasteiger partial charge is 0.350 e. The highest BCUT2D eigenvalue weighted by molar-refractivity contribution is 5.92. The van der Waals surface area contributed by atoms with Gasteiger partial charge in [0, 0.05) is 24.3 Å². The molecule has 2 N–H and O–H groups in total. The van der Waals surface area contributed by atoms with Crippen molar-refractivity contribution in [3.8, 4) is 0 Å². The van der Waals surface area contributed by atoms with Crippen LogP contribution in [-0.4, -0.2) is 21.9 Å². The van der Waals surface area contributed by atoms with Crippen LogP contribution in [0.5, 0.6) is 0 Å². The van der Waals surface area contributed by atoms with Crippen LogP contribution in [0.2, 0.25) is 0 Å². The number of hydrogen-bond donors (Lipinski definition) is 2. The lowest BCUT2D eigenvalue weighted by Crippen LogP contribution is -2.30. The Hall–Kier alpha value is -2.50. The smallest absolute Gasteiger partial charge is 0.270 e. The first kappa shape index (κ1) is 14.9. The maximum Gasteiger partial charge on any atom is 0.270 e. The molecule has 0 radical (unpaired) electrons. The molecule has 5 nitrogen and oxygen atoms in total. The summed E-state index contributed by atoms with van der Waals surface area (Å²) in [6.45, 7) is 3.99. The summed E-state index contributed by atoms with van der Waals surface area (Å²) in [4.78, 5) is 20.0. The predicted octanol–water partition coefficient (Wildman–Crippen LogP) is 2.37. The van der Waals surface area contributed by atoms with E-state index < -0.39 is 0 Å². The number of halogens is 1. The third-order valence-electron chi connectivity index (χ3n) is 2.70. The number of nitrogens with one attached hydrogen (secondary N) is 2. The monoisotopic (exact) mass is 288 g/mol. The summed E-state index contributed by atoms with van der Waals surface area (Å²) in [6.07, 6.45) is 1.49. The van der Waals surface area contributed by atoms with Gasteiger partial charge in [0.15, 0.2) is 0 Å². The summed E-state index contributed by atoms with van der Waals surface area (Å²) in [6, 6.07) is 8.02. The molecule has 0 fully saturated rings. The highest BCUT2D eigenvalue weighted by atomic mass is 19.1. The molecule has 0 saturated heterocycles. The molecule has 21 heavy (non-hydrogen) atoms. The molecule has 1 heterocycles. The fourth-order valence-corrected chi connectivity index (χ4v) is 1.72. The summed E-state index contributed by atoms with van der Waals surface area (Å²) in [5, 5.41) is 5.66. The van der Waals surface area contributed by atoms with E-state index in [-0.39, 0.29) is 36.0 Å². The van der Waals surface area contributed by atoms with Crippen LogP contribution in [0.1, 0.15) is 29.9 Å². The van der Waals surface area contributed by atoms with Crippen LogP contribution >= 0.6 is 0 Å². The van der Waals surface area contributed by atoms with Gasteiger partial charge in [0.25, 0.3) is 5.91 Å². The van der Waals surface area contributed by atoms with E-state index in [9.17, 15) is 9.18 Å². The second kappa shape index (κ2) is 6.78. The number of rotatable bonds is 5. The first-order valence-electron chi connectivity index (χ1n) is 6.67. The van der Waals surface area contributed by atoms with Crippen LogP contribution in [0.4, 0.5) is 10.3 Å². The molecule has 6 heteroatoms. The number of benzene rings is 1. The van der Waals surface area contributed by atoms with Crippen LogP contribution in [-0.2, 0) is 6.54 Å². The second-order valence-electron chi connectivity index (χ2n) is 4.84. The fourth-order valence-electron chi connectivity index (χ4n) is 1.72. The molecule has 2 aromatic rings. The van der Waals surface area contributed by atoms with E-state index in [2.05, 4.69) is 20.6 Å². The summed E-state index contributed by atoms with van der Waals surface area (Å²) in [7, 11) is 0. The maximum atomic E-state index is 13.5. The Balaban J connectivity index is 2.04. The normalized spacial score (nSPS) is 10.5. The van der Waals surface area contributed by atoms with Gasteiger partial charge in [0.2, 0.25) is 5.95 Å². The molecular weight excluding hydrogens is 271 g/mol. The van der Waals surface area contributed by atoms with Gasteiger partial charge in [-0.05, 0) is 26.0 Å². The third kappa shape index (κ3) is 4.24. The highest BCUT2D eigenvalue weighted by Crippen LogP contribution is 2.09. The summed E-state index contributed by atoms with van der Waals surface area (Å²) < 4.78 is 13.5. The standard InChI is InChI=1S/C15H17FN4O/c1-10(2)19-14(21)13-7-8-17-15(20-13)18-9-11-5-3-4-6-12(11)16/h3-8,10H,9H2,1-2H3,(H,19,21)(H,17,18,20). The van der Waals surface area contributed by atoms with Gasteiger partial charge in [0.05, 0.1) is 0 Å². The molecular formula is C15H17FN4O. The lowest BCUT2D eigenvalue weighted by Gasteiger charge is -2.09. The zero-order chi connectivity index (χ0) is 15.2. The molecule has 1 aromatic heterocycles. The lowest BCUT2D eigenvalue weighted by molar-refractivity contribution is 0.0938. The minimum Gasteiger partial charge on any atom is -0.350 e. The third-order valence-corrected chi connectivity index (χ3v) is 2.70. The van der Waals surface area contributed by atoms with E-state index in [1.165, 1.54) is 18.3 Å². The number of anilines is 1. The molecule has 0 spiro atoms. The summed E-state index contributed by atoms with van der Waals surface area (Å²) in [5.41, 5.74) is 0.785. The van der Waals surface area contributed by atoms with Crippen LogP contribution in [0.25, 0.3) is 0 Å². The fraction of sp³-hybridized carbons (Fsp3) is 0.267. The van der Waals surface area contributed by atoms with Crippen LogP contribution < -0.4 is 10.6 Å². The van der Waals surface area contributed by atoms with Crippen molar-refractivity contribution in [2.45, 2.75) is 26.4 Å². The van der Waals surface area contributed by atoms with Crippen LogP contribution in [0.3, 0.4) is 0 Å². The van der Waals surface area contributed by atoms with Crippen molar-refractivity contribution in [2.75, 3.05) is 5.32 Å². The van der Waals surface area contributed by atoms with Crippen LogP contribution in [0.15, 0.2) is 36.5 Å². The molecule has 0 aliphatic rings. The number of amides is 1. The van der Waals surface area contributed by atoms with Crippen molar-refractivity contribution in [2.24, 2.45) is 0 Å². The van der Waals surface area contributed by atoms with E-state index in [1.54, 1.807) is 18.2 Å². The van der Waals surface area contributed by atoms with E-state index >= 15 is 0 Å². The minimum atomic E-state index is -0.293. The first-order chi connectivity index (χ1) is 10.1. The van der Waals surface area contributed by atoms with Crippen LogP contribution in [0, 0.1) is 5.82 Å². The van der Waals surface area contributed by atoms with E-state index in [4.69, 9.17) is 0 Å². The zero-order valence-corrected chi connectivity index (χ0v) is 11.9. The molecule has 1 amide bonds. The van der Waals surface area contributed by atoms with Crippen molar-refractivity contribution >= 4 is 11.9 Å². The minimum absolute atomic E-state index is 0.0299. The van der Waals surface area contributed by atoms with E-state index in [0.717, 1.165) is 0 Å². The van der Waals surface area contributed by atoms with Gasteiger partial charge >= 0.3 is 0 Å². The van der Waals surface area contributed by atoms with Gasteiger partial charge in [-0.25, -0.2) is 14.4 Å². The molecule has 0 saturated carbocycles. The van der Waals surface area contributed by atoms with E-state index in [1.807, 2.05) is 13.8 Å². The average Bonchev–Trinajstić information content (AvgIpc) is 2.46. The molecule has 2 rings (SSSR count). The van der Waals surface area contributed by atoms with Crippen molar-refractivity contribution in [3.63, 3.8) is 0 Å². The Labute approximate surface area is 122 Å². The lowest BCUT2D eigenvalue weighted by atomic mass is 10.2. The molecule has 0 unspecified atom stereocenters. The second-order valence-corrected chi connectivity index (χ2v) is 4.84.